The fourth-order valence-electron chi connectivity index (χ4n) is 1.89. The topological polar surface area (TPSA) is 61.3 Å². The van der Waals surface area contributed by atoms with Gasteiger partial charge in [0, 0.05) is 24.4 Å². The SMILES string of the molecule is O=C(c1cncnc1)c1ccc2c(c1)OCCCO2. The van der Waals surface area contributed by atoms with Gasteiger partial charge in [0.05, 0.1) is 18.8 Å². The minimum Gasteiger partial charge on any atom is -0.490 e. The van der Waals surface area contributed by atoms with Crippen molar-refractivity contribution < 1.29 is 14.3 Å². The van der Waals surface area contributed by atoms with Gasteiger partial charge in [-0.3, -0.25) is 4.79 Å². The fourth-order valence-corrected chi connectivity index (χ4v) is 1.89. The van der Waals surface area contributed by atoms with Gasteiger partial charge in [-0.1, -0.05) is 0 Å². The number of carbonyl (C=O) groups excluding carboxylic acids is 1. The van der Waals surface area contributed by atoms with Gasteiger partial charge in [-0.05, 0) is 18.2 Å². The first-order chi connectivity index (χ1) is 9.34. The number of ketones is 1. The Balaban J connectivity index is 1.94. The van der Waals surface area contributed by atoms with Crippen molar-refractivity contribution in [3.8, 4) is 11.5 Å². The maximum atomic E-state index is 12.2. The first-order valence-electron chi connectivity index (χ1n) is 6.04. The molecular formula is C14H12N2O3. The standard InChI is InChI=1S/C14H12N2O3/c17-14(11-7-15-9-16-8-11)10-2-3-12-13(6-10)19-5-1-4-18-12/h2-3,6-9H,1,4-5H2. The lowest BCUT2D eigenvalue weighted by atomic mass is 10.1. The third-order valence-corrected chi connectivity index (χ3v) is 2.83. The Hall–Kier alpha value is -2.43. The van der Waals surface area contributed by atoms with Gasteiger partial charge in [-0.2, -0.15) is 0 Å². The van der Waals surface area contributed by atoms with Gasteiger partial charge >= 0.3 is 0 Å². The van der Waals surface area contributed by atoms with Crippen LogP contribution in [-0.4, -0.2) is 29.0 Å². The summed E-state index contributed by atoms with van der Waals surface area (Å²) in [5.74, 6) is 1.16. The number of hydrogen-bond donors (Lipinski definition) is 0. The zero-order valence-corrected chi connectivity index (χ0v) is 10.2. The van der Waals surface area contributed by atoms with Crippen molar-refractivity contribution in [3.63, 3.8) is 0 Å². The van der Waals surface area contributed by atoms with Crippen LogP contribution in [0.2, 0.25) is 0 Å². The van der Waals surface area contributed by atoms with Gasteiger partial charge < -0.3 is 9.47 Å². The van der Waals surface area contributed by atoms with Crippen molar-refractivity contribution in [1.82, 2.24) is 9.97 Å². The third-order valence-electron chi connectivity index (χ3n) is 2.83. The van der Waals surface area contributed by atoms with Crippen LogP contribution >= 0.6 is 0 Å². The van der Waals surface area contributed by atoms with Crippen molar-refractivity contribution in [2.75, 3.05) is 13.2 Å². The van der Waals surface area contributed by atoms with E-state index in [9.17, 15) is 4.79 Å². The van der Waals surface area contributed by atoms with E-state index in [1.165, 1.54) is 18.7 Å². The number of ether oxygens (including phenoxy) is 2. The molecule has 5 heteroatoms. The number of nitrogens with zero attached hydrogens (tertiary/aromatic N) is 2. The number of rotatable bonds is 2. The minimum absolute atomic E-state index is 0.128. The second-order valence-corrected chi connectivity index (χ2v) is 4.17. The summed E-state index contributed by atoms with van der Waals surface area (Å²) >= 11 is 0. The van der Waals surface area contributed by atoms with E-state index in [0.717, 1.165) is 6.42 Å². The van der Waals surface area contributed by atoms with Crippen LogP contribution < -0.4 is 9.47 Å². The monoisotopic (exact) mass is 256 g/mol. The van der Waals surface area contributed by atoms with E-state index in [-0.39, 0.29) is 5.78 Å². The molecule has 0 unspecified atom stereocenters. The van der Waals surface area contributed by atoms with E-state index in [2.05, 4.69) is 9.97 Å². The van der Waals surface area contributed by atoms with Crippen LogP contribution in [-0.2, 0) is 0 Å². The third kappa shape index (κ3) is 2.40. The molecule has 0 atom stereocenters. The van der Waals surface area contributed by atoms with Gasteiger partial charge in [0.1, 0.15) is 6.33 Å². The molecule has 96 valence electrons. The maximum Gasteiger partial charge on any atom is 0.196 e. The van der Waals surface area contributed by atoms with E-state index >= 15 is 0 Å². The molecule has 5 nitrogen and oxygen atoms in total. The molecule has 0 radical (unpaired) electrons. The number of aromatic nitrogens is 2. The molecule has 0 spiro atoms. The lowest BCUT2D eigenvalue weighted by molar-refractivity contribution is 0.103. The van der Waals surface area contributed by atoms with Gasteiger partial charge in [-0.25, -0.2) is 9.97 Å². The highest BCUT2D eigenvalue weighted by Gasteiger charge is 2.15. The highest BCUT2D eigenvalue weighted by molar-refractivity contribution is 6.08. The maximum absolute atomic E-state index is 12.2. The predicted octanol–water partition coefficient (Wildman–Crippen LogP) is 1.87. The molecule has 1 aromatic heterocycles. The van der Waals surface area contributed by atoms with Crippen LogP contribution in [0.3, 0.4) is 0 Å². The van der Waals surface area contributed by atoms with E-state index in [4.69, 9.17) is 9.47 Å². The van der Waals surface area contributed by atoms with Crippen LogP contribution in [0.25, 0.3) is 0 Å². The Morgan fingerprint density at radius 3 is 2.53 bits per heavy atom. The van der Waals surface area contributed by atoms with Gasteiger partial charge in [-0.15, -0.1) is 0 Å². The molecule has 1 aromatic carbocycles. The van der Waals surface area contributed by atoms with E-state index in [1.807, 2.05) is 0 Å². The first kappa shape index (κ1) is 11.6. The quantitative estimate of drug-likeness (QED) is 0.767. The summed E-state index contributed by atoms with van der Waals surface area (Å²) in [6, 6.07) is 5.19. The molecule has 0 saturated heterocycles. The van der Waals surface area contributed by atoms with Crippen molar-refractivity contribution in [2.24, 2.45) is 0 Å². The van der Waals surface area contributed by atoms with Crippen molar-refractivity contribution in [1.29, 1.82) is 0 Å². The largest absolute Gasteiger partial charge is 0.490 e. The van der Waals surface area contributed by atoms with Crippen LogP contribution in [0.1, 0.15) is 22.3 Å². The van der Waals surface area contributed by atoms with E-state index < -0.39 is 0 Å². The lowest BCUT2D eigenvalue weighted by Gasteiger charge is -2.08. The Morgan fingerprint density at radius 1 is 1.00 bits per heavy atom. The van der Waals surface area contributed by atoms with Gasteiger partial charge in [0.25, 0.3) is 0 Å². The molecule has 0 amide bonds. The fraction of sp³-hybridized carbons (Fsp3) is 0.214. The molecule has 0 fully saturated rings. The average molecular weight is 256 g/mol. The van der Waals surface area contributed by atoms with Crippen molar-refractivity contribution in [3.05, 3.63) is 48.0 Å². The highest BCUT2D eigenvalue weighted by Crippen LogP contribution is 2.30. The summed E-state index contributed by atoms with van der Waals surface area (Å²) < 4.78 is 11.1. The number of fused-ring (bicyclic) bond motifs is 1. The summed E-state index contributed by atoms with van der Waals surface area (Å²) in [6.07, 6.45) is 5.23. The summed E-state index contributed by atoms with van der Waals surface area (Å²) in [4.78, 5) is 19.9. The highest BCUT2D eigenvalue weighted by atomic mass is 16.5. The summed E-state index contributed by atoms with van der Waals surface area (Å²) in [6.45, 7) is 1.23. The average Bonchev–Trinajstić information content (AvgIpc) is 2.72. The Morgan fingerprint density at radius 2 is 1.74 bits per heavy atom. The second kappa shape index (κ2) is 5.06. The molecule has 3 rings (SSSR count). The Labute approximate surface area is 110 Å². The summed E-state index contributed by atoms with van der Waals surface area (Å²) in [5.41, 5.74) is 0.996. The van der Waals surface area contributed by atoms with Crippen LogP contribution in [0.5, 0.6) is 11.5 Å². The van der Waals surface area contributed by atoms with Crippen molar-refractivity contribution in [2.45, 2.75) is 6.42 Å². The molecule has 0 saturated carbocycles. The zero-order chi connectivity index (χ0) is 13.1. The normalized spacial score (nSPS) is 13.7. The molecule has 0 bridgehead atoms. The zero-order valence-electron chi connectivity index (χ0n) is 10.2. The number of hydrogen-bond acceptors (Lipinski definition) is 5. The van der Waals surface area contributed by atoms with Crippen LogP contribution in [0.4, 0.5) is 0 Å². The van der Waals surface area contributed by atoms with E-state index in [1.54, 1.807) is 18.2 Å². The number of benzene rings is 1. The predicted molar refractivity (Wildman–Crippen MR) is 67.5 cm³/mol. The molecule has 19 heavy (non-hydrogen) atoms. The molecule has 2 aromatic rings. The van der Waals surface area contributed by atoms with Crippen LogP contribution in [0.15, 0.2) is 36.9 Å². The second-order valence-electron chi connectivity index (χ2n) is 4.17. The minimum atomic E-state index is -0.128. The molecule has 2 heterocycles. The van der Waals surface area contributed by atoms with Gasteiger partial charge in [0.2, 0.25) is 0 Å². The smallest absolute Gasteiger partial charge is 0.196 e. The molecule has 0 N–H and O–H groups in total. The Kier molecular flexibility index (Phi) is 3.10. The Bertz CT molecular complexity index is 599. The molecular weight excluding hydrogens is 244 g/mol. The van der Waals surface area contributed by atoms with Crippen molar-refractivity contribution >= 4 is 5.78 Å². The molecule has 1 aliphatic rings. The molecule has 0 aliphatic carbocycles. The van der Waals surface area contributed by atoms with Gasteiger partial charge in [0.15, 0.2) is 17.3 Å². The lowest BCUT2D eigenvalue weighted by Crippen LogP contribution is -2.03. The first-order valence-corrected chi connectivity index (χ1v) is 6.04. The van der Waals surface area contributed by atoms with E-state index in [0.29, 0.717) is 35.8 Å². The number of carbonyl (C=O) groups is 1. The summed E-state index contributed by atoms with van der Waals surface area (Å²) in [5, 5.41) is 0. The summed E-state index contributed by atoms with van der Waals surface area (Å²) in [7, 11) is 0. The molecule has 1 aliphatic heterocycles. The van der Waals surface area contributed by atoms with Crippen LogP contribution in [0, 0.1) is 0 Å².